The maximum Gasteiger partial charge on any atom is 0.160 e. The monoisotopic (exact) mass is 660 g/mol. The summed E-state index contributed by atoms with van der Waals surface area (Å²) in [6.45, 7) is 0. The summed E-state index contributed by atoms with van der Waals surface area (Å²) in [5.41, 5.74) is 9.72. The van der Waals surface area contributed by atoms with E-state index < -0.39 is 0 Å². The molecular formula is C50H32N2. The molecule has 0 radical (unpaired) electrons. The van der Waals surface area contributed by atoms with Crippen LogP contribution in [0.3, 0.4) is 0 Å². The lowest BCUT2D eigenvalue weighted by Crippen LogP contribution is -1.96. The van der Waals surface area contributed by atoms with E-state index in [1.54, 1.807) is 0 Å². The highest BCUT2D eigenvalue weighted by atomic mass is 14.9. The first-order chi connectivity index (χ1) is 25.7. The molecule has 0 spiro atoms. The smallest absolute Gasteiger partial charge is 0.160 e. The Kier molecular flexibility index (Phi) is 7.18. The summed E-state index contributed by atoms with van der Waals surface area (Å²) in [7, 11) is 0. The van der Waals surface area contributed by atoms with Gasteiger partial charge in [-0.15, -0.1) is 0 Å². The number of hydrogen-bond donors (Lipinski definition) is 0. The lowest BCUT2D eigenvalue weighted by atomic mass is 9.89. The molecule has 0 unspecified atom stereocenters. The highest BCUT2D eigenvalue weighted by molar-refractivity contribution is 6.20. The van der Waals surface area contributed by atoms with Gasteiger partial charge in [0.2, 0.25) is 0 Å². The maximum atomic E-state index is 5.19. The SMILES string of the molecule is c1ccc(-c2cccc(-c3cc(-c4ccccc4)nc(-c4ccc5cc(-c6c7ccccc7cc7c6ccc6ccccc67)ccc5c4)n3)c2)cc1. The van der Waals surface area contributed by atoms with Gasteiger partial charge in [0.1, 0.15) is 0 Å². The Morgan fingerprint density at radius 3 is 1.62 bits per heavy atom. The van der Waals surface area contributed by atoms with Gasteiger partial charge in [0.05, 0.1) is 11.4 Å². The third kappa shape index (κ3) is 5.30. The van der Waals surface area contributed by atoms with Crippen LogP contribution in [0.1, 0.15) is 0 Å². The van der Waals surface area contributed by atoms with Gasteiger partial charge < -0.3 is 0 Å². The van der Waals surface area contributed by atoms with Crippen molar-refractivity contribution in [2.75, 3.05) is 0 Å². The second-order valence-electron chi connectivity index (χ2n) is 13.4. The summed E-state index contributed by atoms with van der Waals surface area (Å²) in [4.78, 5) is 10.3. The molecule has 0 amide bonds. The van der Waals surface area contributed by atoms with Crippen LogP contribution in [0.15, 0.2) is 194 Å². The van der Waals surface area contributed by atoms with Crippen molar-refractivity contribution < 1.29 is 0 Å². The Bertz CT molecular complexity index is 2950. The number of aromatic nitrogens is 2. The standard InChI is InChI=1S/C50H32N2/c1-3-12-33(13-4-1)36-18-11-19-40(28-36)48-32-47(35-15-5-2-6-16-35)51-50(52-48)42-25-23-37-29-41(24-22-38(37)30-42)49-44-21-10-8-17-39(44)31-46-43-20-9-7-14-34(43)26-27-45(46)49/h1-32H. The molecular weight excluding hydrogens is 629 g/mol. The maximum absolute atomic E-state index is 5.19. The van der Waals surface area contributed by atoms with Crippen LogP contribution < -0.4 is 0 Å². The van der Waals surface area contributed by atoms with Gasteiger partial charge >= 0.3 is 0 Å². The normalized spacial score (nSPS) is 11.5. The number of fused-ring (bicyclic) bond motifs is 5. The predicted octanol–water partition coefficient (Wildman–Crippen LogP) is 13.4. The molecule has 10 aromatic rings. The van der Waals surface area contributed by atoms with Crippen LogP contribution >= 0.6 is 0 Å². The van der Waals surface area contributed by atoms with Crippen LogP contribution in [0.4, 0.5) is 0 Å². The molecule has 10 rings (SSSR count). The molecule has 0 bridgehead atoms. The van der Waals surface area contributed by atoms with Gasteiger partial charge in [0.15, 0.2) is 5.82 Å². The molecule has 242 valence electrons. The molecule has 0 atom stereocenters. The van der Waals surface area contributed by atoms with E-state index in [0.717, 1.165) is 39.0 Å². The Morgan fingerprint density at radius 1 is 0.250 bits per heavy atom. The van der Waals surface area contributed by atoms with E-state index in [2.05, 4.69) is 182 Å². The van der Waals surface area contributed by atoms with Crippen molar-refractivity contribution in [3.05, 3.63) is 194 Å². The van der Waals surface area contributed by atoms with Gasteiger partial charge in [-0.2, -0.15) is 0 Å². The zero-order valence-corrected chi connectivity index (χ0v) is 28.4. The van der Waals surface area contributed by atoms with E-state index in [1.165, 1.54) is 54.4 Å². The zero-order valence-electron chi connectivity index (χ0n) is 28.4. The average Bonchev–Trinajstić information content (AvgIpc) is 3.23. The van der Waals surface area contributed by atoms with E-state index in [0.29, 0.717) is 5.82 Å². The highest BCUT2D eigenvalue weighted by Crippen LogP contribution is 2.40. The third-order valence-corrected chi connectivity index (χ3v) is 10.2. The van der Waals surface area contributed by atoms with Gasteiger partial charge in [-0.3, -0.25) is 0 Å². The molecule has 1 heterocycles. The average molecular weight is 661 g/mol. The molecule has 0 aliphatic heterocycles. The molecule has 2 nitrogen and oxygen atoms in total. The predicted molar refractivity (Wildman–Crippen MR) is 219 cm³/mol. The summed E-state index contributed by atoms with van der Waals surface area (Å²) >= 11 is 0. The molecule has 2 heteroatoms. The molecule has 0 saturated carbocycles. The lowest BCUT2D eigenvalue weighted by Gasteiger charge is -2.15. The van der Waals surface area contributed by atoms with E-state index >= 15 is 0 Å². The third-order valence-electron chi connectivity index (χ3n) is 10.2. The van der Waals surface area contributed by atoms with Crippen LogP contribution in [0.25, 0.3) is 99.2 Å². The molecule has 1 aromatic heterocycles. The molecule has 0 saturated heterocycles. The fourth-order valence-corrected chi connectivity index (χ4v) is 7.64. The van der Waals surface area contributed by atoms with E-state index in [1.807, 2.05) is 12.1 Å². The zero-order chi connectivity index (χ0) is 34.4. The largest absolute Gasteiger partial charge is 0.228 e. The minimum atomic E-state index is 0.708. The minimum Gasteiger partial charge on any atom is -0.228 e. The van der Waals surface area contributed by atoms with Crippen molar-refractivity contribution in [1.82, 2.24) is 9.97 Å². The fourth-order valence-electron chi connectivity index (χ4n) is 7.64. The Labute approximate surface area is 302 Å². The van der Waals surface area contributed by atoms with Crippen LogP contribution in [0.2, 0.25) is 0 Å². The minimum absolute atomic E-state index is 0.708. The van der Waals surface area contributed by atoms with Gasteiger partial charge in [0, 0.05) is 16.7 Å². The van der Waals surface area contributed by atoms with Crippen LogP contribution in [0, 0.1) is 0 Å². The van der Waals surface area contributed by atoms with Crippen LogP contribution in [0.5, 0.6) is 0 Å². The summed E-state index contributed by atoms with van der Waals surface area (Å²) in [5.74, 6) is 0.708. The quantitative estimate of drug-likeness (QED) is 0.136. The summed E-state index contributed by atoms with van der Waals surface area (Å²) in [6, 6.07) is 69.3. The fraction of sp³-hybridized carbons (Fsp3) is 0. The molecule has 52 heavy (non-hydrogen) atoms. The Hall–Kier alpha value is -6.90. The highest BCUT2D eigenvalue weighted by Gasteiger charge is 2.15. The Balaban J connectivity index is 1.11. The number of rotatable bonds is 5. The van der Waals surface area contributed by atoms with Crippen molar-refractivity contribution in [2.24, 2.45) is 0 Å². The summed E-state index contributed by atoms with van der Waals surface area (Å²) in [5, 5.41) is 9.92. The van der Waals surface area contributed by atoms with Crippen LogP contribution in [-0.4, -0.2) is 9.97 Å². The second kappa shape index (κ2) is 12.5. The molecule has 0 aliphatic rings. The molecule has 0 aliphatic carbocycles. The number of benzene rings is 9. The second-order valence-corrected chi connectivity index (χ2v) is 13.4. The molecule has 0 fully saturated rings. The first-order valence-corrected chi connectivity index (χ1v) is 17.7. The summed E-state index contributed by atoms with van der Waals surface area (Å²) in [6.07, 6.45) is 0. The van der Waals surface area contributed by atoms with Crippen molar-refractivity contribution in [3.63, 3.8) is 0 Å². The topological polar surface area (TPSA) is 25.8 Å². The van der Waals surface area contributed by atoms with Crippen molar-refractivity contribution in [2.45, 2.75) is 0 Å². The van der Waals surface area contributed by atoms with E-state index in [-0.39, 0.29) is 0 Å². The number of nitrogens with zero attached hydrogens (tertiary/aromatic N) is 2. The van der Waals surface area contributed by atoms with Crippen molar-refractivity contribution in [3.8, 4) is 56.2 Å². The van der Waals surface area contributed by atoms with Crippen molar-refractivity contribution >= 4 is 43.1 Å². The first kappa shape index (κ1) is 30.0. The Morgan fingerprint density at radius 2 is 0.827 bits per heavy atom. The van der Waals surface area contributed by atoms with E-state index in [4.69, 9.17) is 9.97 Å². The summed E-state index contributed by atoms with van der Waals surface area (Å²) < 4.78 is 0. The van der Waals surface area contributed by atoms with E-state index in [9.17, 15) is 0 Å². The van der Waals surface area contributed by atoms with Gasteiger partial charge in [-0.05, 0) is 95.7 Å². The van der Waals surface area contributed by atoms with Crippen molar-refractivity contribution in [1.29, 1.82) is 0 Å². The van der Waals surface area contributed by atoms with Gasteiger partial charge in [-0.1, -0.05) is 164 Å². The number of hydrogen-bond acceptors (Lipinski definition) is 2. The lowest BCUT2D eigenvalue weighted by molar-refractivity contribution is 1.18. The first-order valence-electron chi connectivity index (χ1n) is 17.7. The van der Waals surface area contributed by atoms with Gasteiger partial charge in [-0.25, -0.2) is 9.97 Å². The van der Waals surface area contributed by atoms with Gasteiger partial charge in [0.25, 0.3) is 0 Å². The molecule has 9 aromatic carbocycles. The molecule has 0 N–H and O–H groups in total. The van der Waals surface area contributed by atoms with Crippen LogP contribution in [-0.2, 0) is 0 Å².